The van der Waals surface area contributed by atoms with Gasteiger partial charge < -0.3 is 24.8 Å². The van der Waals surface area contributed by atoms with Crippen molar-refractivity contribution in [2.75, 3.05) is 0 Å². The largest absolute Gasteiger partial charge is 1.00 e. The van der Waals surface area contributed by atoms with Crippen LogP contribution in [0.25, 0.3) is 43.8 Å². The minimum absolute atomic E-state index is 0. The van der Waals surface area contributed by atoms with E-state index in [4.69, 9.17) is 0 Å². The van der Waals surface area contributed by atoms with E-state index in [0.29, 0.717) is 6.04 Å². The number of benzene rings is 4. The number of hydrogen-bond donors (Lipinski definition) is 0. The maximum absolute atomic E-state index is 11.4. The Morgan fingerprint density at radius 3 is 1.15 bits per heavy atom. The first kappa shape index (κ1) is 48.7. The molecule has 0 aliphatic rings. The second kappa shape index (κ2) is 19.3. The summed E-state index contributed by atoms with van der Waals surface area (Å²) in [4.78, 5) is 0. The van der Waals surface area contributed by atoms with E-state index in [-0.39, 0.29) is 35.6 Å². The molecule has 6 rings (SSSR count). The van der Waals surface area contributed by atoms with E-state index in [1.165, 1.54) is 112 Å². The van der Waals surface area contributed by atoms with Gasteiger partial charge in [-0.25, -0.2) is 0 Å². The summed E-state index contributed by atoms with van der Waals surface area (Å²) in [5, 5.41) is 5.55. The molecule has 7 heteroatoms. The van der Waals surface area contributed by atoms with E-state index >= 15 is 0 Å². The predicted molar refractivity (Wildman–Crippen MR) is 223 cm³/mol. The molecule has 0 saturated carbocycles. The van der Waals surface area contributed by atoms with Crippen molar-refractivity contribution in [2.24, 2.45) is 0 Å². The van der Waals surface area contributed by atoms with Gasteiger partial charge in [0.05, 0.1) is 0 Å². The fourth-order valence-electron chi connectivity index (χ4n) is 7.64. The van der Waals surface area contributed by atoms with Gasteiger partial charge in [0.2, 0.25) is 0 Å². The van der Waals surface area contributed by atoms with Crippen LogP contribution in [0.5, 0.6) is 0 Å². The molecular weight excluding hydrogens is 824 g/mol. The Morgan fingerprint density at radius 1 is 0.564 bits per heavy atom. The zero-order valence-corrected chi connectivity index (χ0v) is 39.9. The van der Waals surface area contributed by atoms with E-state index in [9.17, 15) is 13.2 Å². The fourth-order valence-corrected chi connectivity index (χ4v) is 9.22. The van der Waals surface area contributed by atoms with Gasteiger partial charge >= 0.3 is 67.1 Å². The quantitative estimate of drug-likeness (QED) is 0.123. The van der Waals surface area contributed by atoms with Crippen molar-refractivity contribution in [1.82, 2.24) is 0 Å². The minimum atomic E-state index is -3.93. The van der Waals surface area contributed by atoms with Crippen LogP contribution in [0.3, 0.4) is 0 Å². The van der Waals surface area contributed by atoms with Crippen molar-refractivity contribution in [3.8, 4) is 22.3 Å². The van der Waals surface area contributed by atoms with E-state index in [2.05, 4.69) is 168 Å². The Morgan fingerprint density at radius 2 is 0.891 bits per heavy atom. The second-order valence-corrected chi connectivity index (χ2v) is 25.4. The van der Waals surface area contributed by atoms with Crippen molar-refractivity contribution >= 4 is 27.0 Å². The van der Waals surface area contributed by atoms with Crippen LogP contribution in [-0.2, 0) is 34.2 Å². The monoisotopic (exact) mass is 878 g/mol. The number of alkyl halides is 3. The van der Waals surface area contributed by atoms with Gasteiger partial charge in [-0.1, -0.05) is 137 Å². The van der Waals surface area contributed by atoms with Gasteiger partial charge in [0, 0.05) is 0 Å². The molecule has 0 aromatic heterocycles. The van der Waals surface area contributed by atoms with Gasteiger partial charge in [0.15, 0.2) is 0 Å². The molecule has 0 unspecified atom stereocenters. The molecule has 0 bridgehead atoms. The van der Waals surface area contributed by atoms with Crippen LogP contribution in [0.15, 0.2) is 84.9 Å². The number of halogens is 5. The Kier molecular flexibility index (Phi) is 17.1. The van der Waals surface area contributed by atoms with Crippen molar-refractivity contribution in [3.05, 3.63) is 129 Å². The summed E-state index contributed by atoms with van der Waals surface area (Å²) in [7, 11) is 0. The summed E-state index contributed by atoms with van der Waals surface area (Å²) >= 11 is 1.29. The number of aryl methyl sites for hydroxylation is 6. The Hall–Kier alpha value is -2.43. The normalized spacial score (nSPS) is 11.6. The Bertz CT molecular complexity index is 2050. The molecule has 0 saturated heterocycles. The molecule has 0 amide bonds. The van der Waals surface area contributed by atoms with Gasteiger partial charge in [0.1, 0.15) is 0 Å². The van der Waals surface area contributed by atoms with Gasteiger partial charge in [-0.15, -0.1) is 69.1 Å². The van der Waals surface area contributed by atoms with E-state index < -0.39 is 18.0 Å². The molecule has 6 aromatic carbocycles. The summed E-state index contributed by atoms with van der Waals surface area (Å²) in [6, 6.07) is 32.2. The van der Waals surface area contributed by atoms with Gasteiger partial charge in [0.25, 0.3) is 0 Å². The van der Waals surface area contributed by atoms with Gasteiger partial charge in [-0.3, -0.25) is 0 Å². The summed E-state index contributed by atoms with van der Waals surface area (Å²) < 4.78 is 34.3. The molecule has 6 aromatic rings. The molecule has 55 heavy (non-hydrogen) atoms. The standard InChI is InChI=1S/2C22H25.C4H7F3Si.2ClH.Zr/c2*1-14-10-15(2)12-18(11-14)19-9-7-8-17-13-20(22(4,5)6)16(3)21(17)19;1-8-3-2-4(5,6)7;;;/h2*7-13H,1-6H3;2-3H2,1H3;2*1H;/q2*-1;;;;+2/p-2. The van der Waals surface area contributed by atoms with Crippen LogP contribution in [0.2, 0.25) is 12.6 Å². The van der Waals surface area contributed by atoms with Crippen LogP contribution in [0, 0.1) is 41.5 Å². The number of rotatable bonds is 4. The van der Waals surface area contributed by atoms with E-state index in [1.807, 2.05) is 6.55 Å². The SMILES string of the molecule is C[Si](=[Zr+2])CCC(F)(F)F.Cc1cc(C)cc(-c2cccc3[cH-]c(C(C)(C)C)c(C)c23)c1.Cc1cc(C)cc(-c2cccc3[cH-]c(C(C)(C)C)c(C)c23)c1.[Cl-].[Cl-]. The maximum atomic E-state index is 11.4. The maximum Gasteiger partial charge on any atom is -0.0274 e. The molecular formula is C48H57Cl2F3SiZr-2. The zero-order chi connectivity index (χ0) is 39.6. The van der Waals surface area contributed by atoms with Crippen molar-refractivity contribution in [2.45, 2.75) is 119 Å². The molecule has 0 N–H and O–H groups in total. The van der Waals surface area contributed by atoms with Crippen LogP contribution < -0.4 is 24.8 Å². The molecule has 0 spiro atoms. The summed E-state index contributed by atoms with van der Waals surface area (Å²) in [5.41, 5.74) is 16.2. The zero-order valence-electron chi connectivity index (χ0n) is 34.9. The molecule has 0 heterocycles. The minimum Gasteiger partial charge on any atom is -1.00 e. The first-order chi connectivity index (χ1) is 24.5. The molecule has 0 fully saturated rings. The summed E-state index contributed by atoms with van der Waals surface area (Å²) in [5.74, 6) is 0. The first-order valence-electron chi connectivity index (χ1n) is 18.6. The smallest absolute Gasteiger partial charge is 0.0274 e. The number of fused-ring (bicyclic) bond motifs is 2. The first-order valence-corrected chi connectivity index (χ1v) is 24.5. The van der Waals surface area contributed by atoms with Gasteiger partial charge in [-0.05, 0) is 49.7 Å². The van der Waals surface area contributed by atoms with E-state index in [1.54, 1.807) is 0 Å². The molecule has 0 nitrogen and oxygen atoms in total. The fraction of sp³-hybridized carbons (Fsp3) is 0.375. The van der Waals surface area contributed by atoms with Crippen molar-refractivity contribution in [3.63, 3.8) is 0 Å². The average molecular weight is 881 g/mol. The average Bonchev–Trinajstić information content (AvgIpc) is 3.56. The summed E-state index contributed by atoms with van der Waals surface area (Å²) in [6.07, 6.45) is -4.51. The van der Waals surface area contributed by atoms with Crippen molar-refractivity contribution < 1.29 is 61.3 Å². The molecule has 0 radical (unpaired) electrons. The van der Waals surface area contributed by atoms with Crippen LogP contribution in [0.4, 0.5) is 13.2 Å². The summed E-state index contributed by atoms with van der Waals surface area (Å²) in [6.45, 7) is 29.0. The third kappa shape index (κ3) is 12.8. The molecule has 0 aliphatic heterocycles. The van der Waals surface area contributed by atoms with Crippen LogP contribution in [-0.4, -0.2) is 11.6 Å². The molecule has 294 valence electrons. The van der Waals surface area contributed by atoms with Gasteiger partial charge in [-0.2, -0.15) is 11.1 Å². The van der Waals surface area contributed by atoms with E-state index in [0.717, 1.165) is 0 Å². The predicted octanol–water partition coefficient (Wildman–Crippen LogP) is 9.01. The molecule has 0 aliphatic carbocycles. The van der Waals surface area contributed by atoms with Crippen LogP contribution in [0.1, 0.15) is 92.5 Å². The topological polar surface area (TPSA) is 0 Å². The third-order valence-electron chi connectivity index (χ3n) is 9.82. The van der Waals surface area contributed by atoms with Crippen molar-refractivity contribution in [1.29, 1.82) is 0 Å². The second-order valence-electron chi connectivity index (χ2n) is 17.1. The number of hydrogen-bond acceptors (Lipinski definition) is 0. The van der Waals surface area contributed by atoms with Crippen LogP contribution >= 0.6 is 0 Å². The third-order valence-corrected chi connectivity index (χ3v) is 12.7. The Balaban J connectivity index is 0.000000304. The Labute approximate surface area is 356 Å². The molecule has 0 atom stereocenters.